The first-order chi connectivity index (χ1) is 11.6. The van der Waals surface area contributed by atoms with Gasteiger partial charge in [-0.1, -0.05) is 19.1 Å². The molecule has 0 saturated carbocycles. The number of aliphatic hydroxyl groups excluding tert-OH is 3. The van der Waals surface area contributed by atoms with Crippen LogP contribution in [0.2, 0.25) is 0 Å². The lowest BCUT2D eigenvalue weighted by atomic mass is 9.88. The molecule has 2 aliphatic rings. The molecule has 8 atom stereocenters. The van der Waals surface area contributed by atoms with Crippen LogP contribution in [0.15, 0.2) is 12.2 Å². The van der Waals surface area contributed by atoms with E-state index in [4.69, 9.17) is 4.74 Å². The van der Waals surface area contributed by atoms with Crippen molar-refractivity contribution in [2.24, 2.45) is 5.92 Å². The van der Waals surface area contributed by atoms with Gasteiger partial charge in [-0.2, -0.15) is 0 Å². The minimum Gasteiger partial charge on any atom is -0.598 e. The van der Waals surface area contributed by atoms with Crippen molar-refractivity contribution in [2.45, 2.75) is 81.2 Å². The zero-order chi connectivity index (χ0) is 18.8. The number of ether oxygens (including phenoxy) is 1. The molecule has 0 aromatic carbocycles. The number of aliphatic hydroxyl groups is 3. The molecular formula is C17H31NO5S2. The summed E-state index contributed by atoms with van der Waals surface area (Å²) in [6.45, 7) is 7.59. The Labute approximate surface area is 157 Å². The average molecular weight is 394 g/mol. The highest BCUT2D eigenvalue weighted by atomic mass is 32.2. The summed E-state index contributed by atoms with van der Waals surface area (Å²) in [7, 11) is 0. The van der Waals surface area contributed by atoms with Crippen LogP contribution in [-0.2, 0) is 16.1 Å². The maximum absolute atomic E-state index is 12.6. The van der Waals surface area contributed by atoms with Gasteiger partial charge in [-0.15, -0.1) is 16.5 Å². The molecule has 0 spiro atoms. The summed E-state index contributed by atoms with van der Waals surface area (Å²) in [6.07, 6.45) is 1.53. The highest BCUT2D eigenvalue weighted by Gasteiger charge is 2.49. The second-order valence-corrected chi connectivity index (χ2v) is 11.0. The number of hydrogen-bond acceptors (Lipinski definition) is 7. The first-order valence-electron chi connectivity index (χ1n) is 8.79. The standard InChI is InChI=1S/C17H31NO5S2/c1-10-8-6-5-7-9-24-16-14(21)12(19)13(20)15(23-16)11(10)18-25(22)17(2,3)4/h6,8,10-16,18-21H,5,7,9H2,1-4H3/b8-6+/t10-,11-,12?,13?,14?,15?,16?,25-/m1/s1. The Morgan fingerprint density at radius 2 is 1.88 bits per heavy atom. The molecule has 0 aromatic heterocycles. The van der Waals surface area contributed by atoms with E-state index in [0.29, 0.717) is 0 Å². The van der Waals surface area contributed by atoms with Gasteiger partial charge in [-0.25, -0.2) is 0 Å². The third-order valence-electron chi connectivity index (χ3n) is 4.56. The Balaban J connectivity index is 2.30. The van der Waals surface area contributed by atoms with Crippen molar-refractivity contribution in [1.29, 1.82) is 0 Å². The molecular weight excluding hydrogens is 362 g/mol. The van der Waals surface area contributed by atoms with Gasteiger partial charge in [0.2, 0.25) is 0 Å². The van der Waals surface area contributed by atoms with Gasteiger partial charge < -0.3 is 24.6 Å². The van der Waals surface area contributed by atoms with Crippen molar-refractivity contribution >= 4 is 23.1 Å². The van der Waals surface area contributed by atoms with Crippen LogP contribution in [0.4, 0.5) is 0 Å². The maximum atomic E-state index is 12.6. The number of fused-ring (bicyclic) bond motifs is 2. The smallest absolute Gasteiger partial charge is 0.136 e. The van der Waals surface area contributed by atoms with E-state index in [0.717, 1.165) is 18.6 Å². The fraction of sp³-hybridized carbons (Fsp3) is 0.882. The van der Waals surface area contributed by atoms with E-state index >= 15 is 0 Å². The van der Waals surface area contributed by atoms with Crippen LogP contribution in [0.1, 0.15) is 40.5 Å². The summed E-state index contributed by atoms with van der Waals surface area (Å²) in [5, 5.41) is 31.0. The van der Waals surface area contributed by atoms with E-state index < -0.39 is 52.0 Å². The number of thioether (sulfide) groups is 1. The molecule has 0 aliphatic carbocycles. The molecule has 4 N–H and O–H groups in total. The van der Waals surface area contributed by atoms with E-state index in [2.05, 4.69) is 10.8 Å². The molecule has 6 nitrogen and oxygen atoms in total. The first kappa shape index (κ1) is 21.5. The summed E-state index contributed by atoms with van der Waals surface area (Å²) < 4.78 is 21.2. The molecule has 0 amide bonds. The van der Waals surface area contributed by atoms with E-state index in [9.17, 15) is 19.9 Å². The van der Waals surface area contributed by atoms with Crippen molar-refractivity contribution in [3.63, 3.8) is 0 Å². The molecule has 0 radical (unpaired) electrons. The zero-order valence-electron chi connectivity index (χ0n) is 15.3. The topological polar surface area (TPSA) is 105 Å². The fourth-order valence-corrected chi connectivity index (χ4v) is 4.99. The predicted molar refractivity (Wildman–Crippen MR) is 101 cm³/mol. The first-order valence-corrected chi connectivity index (χ1v) is 11.0. The van der Waals surface area contributed by atoms with E-state index in [1.807, 2.05) is 33.8 Å². The highest BCUT2D eigenvalue weighted by Crippen LogP contribution is 2.33. The minimum atomic E-state index is -1.35. The van der Waals surface area contributed by atoms with E-state index in [1.165, 1.54) is 11.8 Å². The van der Waals surface area contributed by atoms with Crippen LogP contribution in [0, 0.1) is 5.92 Å². The van der Waals surface area contributed by atoms with Gasteiger partial charge in [-0.05, 0) is 45.3 Å². The maximum Gasteiger partial charge on any atom is 0.136 e. The van der Waals surface area contributed by atoms with Crippen LogP contribution in [-0.4, -0.2) is 66.3 Å². The molecule has 1 fully saturated rings. The number of allylic oxidation sites excluding steroid dienone is 1. The Morgan fingerprint density at radius 1 is 1.20 bits per heavy atom. The average Bonchev–Trinajstić information content (AvgIpc) is 2.56. The lowest BCUT2D eigenvalue weighted by Gasteiger charge is -2.44. The molecule has 5 unspecified atom stereocenters. The molecule has 8 heteroatoms. The van der Waals surface area contributed by atoms with Crippen molar-refractivity contribution < 1.29 is 24.6 Å². The lowest BCUT2D eigenvalue weighted by molar-refractivity contribution is -0.205. The molecule has 2 heterocycles. The SMILES string of the molecule is C[C@@H]1/C=C/CCCSC2OC(C(O)C(O)C2O)[C@@H]1N[S@+]([O-])C(C)(C)C. The second kappa shape index (κ2) is 8.93. The number of hydrogen-bond donors (Lipinski definition) is 4. The van der Waals surface area contributed by atoms with Gasteiger partial charge in [-0.3, -0.25) is 0 Å². The van der Waals surface area contributed by atoms with Crippen LogP contribution in [0.25, 0.3) is 0 Å². The molecule has 1 saturated heterocycles. The monoisotopic (exact) mass is 393 g/mol. The van der Waals surface area contributed by atoms with Crippen LogP contribution < -0.4 is 4.72 Å². The van der Waals surface area contributed by atoms with Gasteiger partial charge in [0.15, 0.2) is 0 Å². The third-order valence-corrected chi connectivity index (χ3v) is 7.40. The van der Waals surface area contributed by atoms with Gasteiger partial charge in [0.1, 0.15) is 34.6 Å². The summed E-state index contributed by atoms with van der Waals surface area (Å²) in [4.78, 5) is 0. The summed E-state index contributed by atoms with van der Waals surface area (Å²) >= 11 is 0.0913. The highest BCUT2D eigenvalue weighted by molar-refractivity contribution is 7.99. The number of rotatable bonds is 2. The van der Waals surface area contributed by atoms with Crippen molar-refractivity contribution in [1.82, 2.24) is 4.72 Å². The molecule has 2 aliphatic heterocycles. The third kappa shape index (κ3) is 5.35. The second-order valence-electron chi connectivity index (χ2n) is 7.77. The van der Waals surface area contributed by atoms with Gasteiger partial charge in [0, 0.05) is 11.4 Å². The van der Waals surface area contributed by atoms with E-state index in [-0.39, 0.29) is 5.92 Å². The largest absolute Gasteiger partial charge is 0.598 e. The van der Waals surface area contributed by atoms with Crippen molar-refractivity contribution in [2.75, 3.05) is 5.75 Å². The van der Waals surface area contributed by atoms with Crippen molar-refractivity contribution in [3.05, 3.63) is 12.2 Å². The van der Waals surface area contributed by atoms with Crippen LogP contribution in [0.5, 0.6) is 0 Å². The van der Waals surface area contributed by atoms with Gasteiger partial charge in [0.05, 0.1) is 6.04 Å². The normalized spacial score (nSPS) is 43.1. The number of nitrogens with one attached hydrogen (secondary N) is 1. The zero-order valence-corrected chi connectivity index (χ0v) is 16.9. The quantitative estimate of drug-likeness (QED) is 0.409. The van der Waals surface area contributed by atoms with E-state index in [1.54, 1.807) is 0 Å². The molecule has 146 valence electrons. The Hall–Kier alpha value is 0.200. The van der Waals surface area contributed by atoms with Crippen LogP contribution >= 0.6 is 11.8 Å². The summed E-state index contributed by atoms with van der Waals surface area (Å²) in [5.41, 5.74) is -0.610. The van der Waals surface area contributed by atoms with Crippen LogP contribution in [0.3, 0.4) is 0 Å². The molecule has 25 heavy (non-hydrogen) atoms. The van der Waals surface area contributed by atoms with Crippen molar-refractivity contribution in [3.8, 4) is 0 Å². The summed E-state index contributed by atoms with van der Waals surface area (Å²) in [5.74, 6) is 0.735. The lowest BCUT2D eigenvalue weighted by Crippen LogP contribution is -2.64. The Kier molecular flexibility index (Phi) is 7.68. The molecule has 0 aromatic rings. The van der Waals surface area contributed by atoms with Gasteiger partial charge >= 0.3 is 0 Å². The molecule has 2 bridgehead atoms. The summed E-state index contributed by atoms with van der Waals surface area (Å²) in [6, 6.07) is -0.449. The fourth-order valence-electron chi connectivity index (χ4n) is 2.91. The minimum absolute atomic E-state index is 0.0582. The molecule has 2 rings (SSSR count). The Bertz CT molecular complexity index is 459. The predicted octanol–water partition coefficient (Wildman–Crippen LogP) is 0.934. The Morgan fingerprint density at radius 3 is 2.52 bits per heavy atom. The van der Waals surface area contributed by atoms with Gasteiger partial charge in [0.25, 0.3) is 0 Å².